The maximum absolute atomic E-state index is 13.3. The number of thiazole rings is 1. The Hall–Kier alpha value is -3.91. The molecule has 0 aliphatic rings. The van der Waals surface area contributed by atoms with Crippen molar-refractivity contribution in [3.05, 3.63) is 107 Å². The summed E-state index contributed by atoms with van der Waals surface area (Å²) in [6.07, 6.45) is 4.22. The van der Waals surface area contributed by atoms with Crippen molar-refractivity contribution < 1.29 is 13.6 Å². The first-order valence-corrected chi connectivity index (χ1v) is 11.8. The van der Waals surface area contributed by atoms with Crippen LogP contribution in [0.3, 0.4) is 0 Å². The molecule has 8 heteroatoms. The predicted octanol–water partition coefficient (Wildman–Crippen LogP) is 5.75. The smallest absolute Gasteiger partial charge is 0.318 e. The van der Waals surface area contributed by atoms with Gasteiger partial charge in [-0.15, -0.1) is 11.3 Å². The number of amides is 2. The summed E-state index contributed by atoms with van der Waals surface area (Å²) in [4.78, 5) is 20.3. The van der Waals surface area contributed by atoms with Crippen molar-refractivity contribution >= 4 is 22.3 Å². The van der Waals surface area contributed by atoms with Gasteiger partial charge in [-0.05, 0) is 42.0 Å². The largest absolute Gasteiger partial charge is 0.467 e. The molecule has 2 amide bonds. The number of benzene rings is 2. The Morgan fingerprint density at radius 3 is 2.68 bits per heavy atom. The number of furan rings is 1. The maximum Gasteiger partial charge on any atom is 0.318 e. The van der Waals surface area contributed by atoms with E-state index in [0.29, 0.717) is 26.1 Å². The third-order valence-corrected chi connectivity index (χ3v) is 6.45. The van der Waals surface area contributed by atoms with Gasteiger partial charge in [0.15, 0.2) is 4.96 Å². The zero-order valence-electron chi connectivity index (χ0n) is 18.4. The number of hydrogen-bond acceptors (Lipinski definition) is 4. The number of carbonyl (C=O) groups is 1. The van der Waals surface area contributed by atoms with E-state index in [1.54, 1.807) is 34.6 Å². The fraction of sp³-hybridized carbons (Fsp3) is 0.154. The number of rotatable bonds is 8. The monoisotopic (exact) mass is 474 g/mol. The van der Waals surface area contributed by atoms with E-state index in [2.05, 4.69) is 15.7 Å². The van der Waals surface area contributed by atoms with Crippen LogP contribution in [0.25, 0.3) is 16.2 Å². The first-order chi connectivity index (χ1) is 16.7. The number of nitrogens with zero attached hydrogens (tertiary/aromatic N) is 3. The Bertz CT molecular complexity index is 1360. The van der Waals surface area contributed by atoms with Gasteiger partial charge >= 0.3 is 6.03 Å². The van der Waals surface area contributed by atoms with E-state index in [0.717, 1.165) is 33.2 Å². The molecule has 3 aromatic heterocycles. The molecule has 5 rings (SSSR count). The summed E-state index contributed by atoms with van der Waals surface area (Å²) in [7, 11) is 0. The van der Waals surface area contributed by atoms with Crippen LogP contribution in [-0.2, 0) is 19.5 Å². The molecule has 2 aromatic carbocycles. The zero-order chi connectivity index (χ0) is 23.3. The van der Waals surface area contributed by atoms with Crippen LogP contribution in [0, 0.1) is 5.82 Å². The Morgan fingerprint density at radius 2 is 1.91 bits per heavy atom. The van der Waals surface area contributed by atoms with E-state index in [1.807, 2.05) is 53.1 Å². The average molecular weight is 475 g/mol. The maximum atomic E-state index is 13.3. The molecule has 0 unspecified atom stereocenters. The van der Waals surface area contributed by atoms with E-state index in [-0.39, 0.29) is 11.8 Å². The summed E-state index contributed by atoms with van der Waals surface area (Å²) in [5.41, 5.74) is 3.75. The van der Waals surface area contributed by atoms with Gasteiger partial charge in [-0.25, -0.2) is 14.2 Å². The fourth-order valence-electron chi connectivity index (χ4n) is 3.75. The molecule has 0 bridgehead atoms. The third kappa shape index (κ3) is 5.02. The van der Waals surface area contributed by atoms with Crippen molar-refractivity contribution in [2.45, 2.75) is 19.5 Å². The van der Waals surface area contributed by atoms with Crippen LogP contribution < -0.4 is 5.32 Å². The van der Waals surface area contributed by atoms with Crippen molar-refractivity contribution in [3.8, 4) is 11.3 Å². The summed E-state index contributed by atoms with van der Waals surface area (Å²) in [6, 6.07) is 19.7. The first kappa shape index (κ1) is 21.9. The van der Waals surface area contributed by atoms with Crippen LogP contribution in [0.5, 0.6) is 0 Å². The lowest BCUT2D eigenvalue weighted by Gasteiger charge is -2.22. The van der Waals surface area contributed by atoms with Crippen LogP contribution in [0.15, 0.2) is 89.0 Å². The van der Waals surface area contributed by atoms with Gasteiger partial charge in [0, 0.05) is 42.3 Å². The minimum atomic E-state index is -0.271. The molecule has 34 heavy (non-hydrogen) atoms. The number of hydrogen-bond donors (Lipinski definition) is 1. The molecule has 3 heterocycles. The number of urea groups is 1. The van der Waals surface area contributed by atoms with Gasteiger partial charge in [-0.1, -0.05) is 30.3 Å². The molecule has 1 N–H and O–H groups in total. The lowest BCUT2D eigenvalue weighted by Crippen LogP contribution is -2.40. The summed E-state index contributed by atoms with van der Waals surface area (Å²) in [5.74, 6) is 0.458. The van der Waals surface area contributed by atoms with Gasteiger partial charge in [0.2, 0.25) is 0 Å². The summed E-state index contributed by atoms with van der Waals surface area (Å²) in [5, 5.41) is 5.07. The minimum Gasteiger partial charge on any atom is -0.467 e. The molecule has 0 saturated heterocycles. The van der Waals surface area contributed by atoms with E-state index in [1.165, 1.54) is 12.1 Å². The average Bonchev–Trinajstić information content (AvgIpc) is 3.60. The molecule has 6 nitrogen and oxygen atoms in total. The highest BCUT2D eigenvalue weighted by atomic mass is 32.1. The van der Waals surface area contributed by atoms with E-state index < -0.39 is 0 Å². The second-order valence-electron chi connectivity index (χ2n) is 7.91. The highest BCUT2D eigenvalue weighted by Crippen LogP contribution is 2.24. The van der Waals surface area contributed by atoms with Crippen molar-refractivity contribution in [2.75, 3.05) is 6.54 Å². The van der Waals surface area contributed by atoms with Crippen LogP contribution in [0.4, 0.5) is 9.18 Å². The van der Waals surface area contributed by atoms with Gasteiger partial charge in [0.1, 0.15) is 11.6 Å². The van der Waals surface area contributed by atoms with Crippen molar-refractivity contribution in [3.63, 3.8) is 0 Å². The highest BCUT2D eigenvalue weighted by Gasteiger charge is 2.17. The number of aromatic nitrogens is 2. The number of nitrogens with one attached hydrogen (secondary N) is 1. The number of carbonyl (C=O) groups excluding carboxylic acids is 1. The van der Waals surface area contributed by atoms with Crippen molar-refractivity contribution in [1.82, 2.24) is 19.6 Å². The molecular formula is C26H23FN4O2S. The fourth-order valence-corrected chi connectivity index (χ4v) is 4.65. The third-order valence-electron chi connectivity index (χ3n) is 5.56. The van der Waals surface area contributed by atoms with E-state index in [9.17, 15) is 9.18 Å². The van der Waals surface area contributed by atoms with Gasteiger partial charge < -0.3 is 14.6 Å². The van der Waals surface area contributed by atoms with Gasteiger partial charge in [-0.3, -0.25) is 4.40 Å². The molecule has 172 valence electrons. The SMILES string of the molecule is O=C(NCc1ccccc1)N(CCc1csc2nc(-c3ccc(F)cc3)cn12)Cc1ccco1. The molecular weight excluding hydrogens is 451 g/mol. The molecule has 0 aliphatic carbocycles. The van der Waals surface area contributed by atoms with Gasteiger partial charge in [-0.2, -0.15) is 0 Å². The number of fused-ring (bicyclic) bond motifs is 1. The summed E-state index contributed by atoms with van der Waals surface area (Å²) >= 11 is 1.55. The molecule has 0 saturated carbocycles. The zero-order valence-corrected chi connectivity index (χ0v) is 19.2. The predicted molar refractivity (Wildman–Crippen MR) is 130 cm³/mol. The van der Waals surface area contributed by atoms with Crippen molar-refractivity contribution in [2.24, 2.45) is 0 Å². The molecule has 0 radical (unpaired) electrons. The second kappa shape index (κ2) is 9.93. The highest BCUT2D eigenvalue weighted by molar-refractivity contribution is 7.15. The lowest BCUT2D eigenvalue weighted by molar-refractivity contribution is 0.190. The first-order valence-electron chi connectivity index (χ1n) is 11.0. The van der Waals surface area contributed by atoms with E-state index >= 15 is 0 Å². The Morgan fingerprint density at radius 1 is 1.09 bits per heavy atom. The topological polar surface area (TPSA) is 62.8 Å². The number of halogens is 1. The second-order valence-corrected chi connectivity index (χ2v) is 8.74. The van der Waals surface area contributed by atoms with Crippen LogP contribution >= 0.6 is 11.3 Å². The molecule has 0 spiro atoms. The normalized spacial score (nSPS) is 11.1. The quantitative estimate of drug-likeness (QED) is 0.312. The molecule has 5 aromatic rings. The molecule has 0 aliphatic heterocycles. The molecule has 0 atom stereocenters. The van der Waals surface area contributed by atoms with Gasteiger partial charge in [0.25, 0.3) is 0 Å². The molecule has 0 fully saturated rings. The number of imidazole rings is 1. The minimum absolute atomic E-state index is 0.149. The van der Waals surface area contributed by atoms with Crippen LogP contribution in [0.2, 0.25) is 0 Å². The van der Waals surface area contributed by atoms with Crippen LogP contribution in [-0.4, -0.2) is 26.9 Å². The summed E-state index contributed by atoms with van der Waals surface area (Å²) < 4.78 is 20.8. The summed E-state index contributed by atoms with van der Waals surface area (Å²) in [6.45, 7) is 1.35. The van der Waals surface area contributed by atoms with Gasteiger partial charge in [0.05, 0.1) is 18.5 Å². The lowest BCUT2D eigenvalue weighted by atomic mass is 10.2. The van der Waals surface area contributed by atoms with Crippen molar-refractivity contribution in [1.29, 1.82) is 0 Å². The Balaban J connectivity index is 1.30. The Labute approximate surface area is 200 Å². The van der Waals surface area contributed by atoms with Crippen LogP contribution in [0.1, 0.15) is 17.0 Å². The van der Waals surface area contributed by atoms with E-state index in [4.69, 9.17) is 4.42 Å². The Kier molecular flexibility index (Phi) is 6.40. The standard InChI is InChI=1S/C26H23FN4O2S/c27-21-10-8-20(9-11-21)24-17-31-22(18-34-26(31)29-24)12-13-30(16-23-7-4-14-33-23)25(32)28-15-19-5-2-1-3-6-19/h1-11,14,17-18H,12-13,15-16H2,(H,28,32).